The molecular formula is C19H21ClN2O2. The maximum Gasteiger partial charge on any atom is 0.242 e. The molecule has 0 saturated carbocycles. The third-order valence-corrected chi connectivity index (χ3v) is 4.12. The second kappa shape index (κ2) is 8.50. The number of carbonyl (C=O) groups is 2. The highest BCUT2D eigenvalue weighted by atomic mass is 35.5. The summed E-state index contributed by atoms with van der Waals surface area (Å²) in [7, 11) is 1.58. The molecule has 0 unspecified atom stereocenters. The fraction of sp³-hybridized carbons (Fsp3) is 0.263. The van der Waals surface area contributed by atoms with E-state index in [1.165, 1.54) is 6.92 Å². The minimum Gasteiger partial charge on any atom is -0.357 e. The molecule has 126 valence electrons. The summed E-state index contributed by atoms with van der Waals surface area (Å²) >= 11 is 5.91. The number of amides is 2. The molecule has 1 atom stereocenters. The van der Waals surface area contributed by atoms with E-state index in [0.717, 1.165) is 11.1 Å². The minimum atomic E-state index is -0.564. The van der Waals surface area contributed by atoms with Crippen LogP contribution < -0.4 is 5.32 Å². The maximum absolute atomic E-state index is 12.4. The molecule has 1 N–H and O–H groups in total. The van der Waals surface area contributed by atoms with E-state index >= 15 is 0 Å². The van der Waals surface area contributed by atoms with E-state index in [9.17, 15) is 9.59 Å². The van der Waals surface area contributed by atoms with Gasteiger partial charge in [-0.2, -0.15) is 0 Å². The Balaban J connectivity index is 2.26. The maximum atomic E-state index is 12.4. The first-order valence-corrected chi connectivity index (χ1v) is 8.16. The lowest BCUT2D eigenvalue weighted by atomic mass is 10.0. The van der Waals surface area contributed by atoms with Crippen molar-refractivity contribution in [3.8, 4) is 0 Å². The Kier molecular flexibility index (Phi) is 6.38. The average Bonchev–Trinajstić information content (AvgIpc) is 2.59. The van der Waals surface area contributed by atoms with Crippen LogP contribution in [0.5, 0.6) is 0 Å². The first-order chi connectivity index (χ1) is 11.5. The number of hydrogen-bond acceptors (Lipinski definition) is 2. The molecule has 0 aliphatic rings. The van der Waals surface area contributed by atoms with Crippen molar-refractivity contribution in [2.75, 3.05) is 7.05 Å². The molecule has 0 aliphatic heterocycles. The van der Waals surface area contributed by atoms with E-state index in [1.807, 2.05) is 42.5 Å². The van der Waals surface area contributed by atoms with E-state index in [4.69, 9.17) is 11.6 Å². The van der Waals surface area contributed by atoms with Gasteiger partial charge in [-0.25, -0.2) is 0 Å². The smallest absolute Gasteiger partial charge is 0.242 e. The molecule has 0 heterocycles. The monoisotopic (exact) mass is 344 g/mol. The van der Waals surface area contributed by atoms with Gasteiger partial charge < -0.3 is 10.2 Å². The summed E-state index contributed by atoms with van der Waals surface area (Å²) in [4.78, 5) is 26.2. The third-order valence-electron chi connectivity index (χ3n) is 3.87. The molecule has 0 bridgehead atoms. The Hall–Kier alpha value is -2.33. The van der Waals surface area contributed by atoms with Gasteiger partial charge in [-0.15, -0.1) is 0 Å². The number of nitrogens with zero attached hydrogens (tertiary/aromatic N) is 1. The lowest BCUT2D eigenvalue weighted by molar-refractivity contribution is -0.139. The van der Waals surface area contributed by atoms with Crippen molar-refractivity contribution >= 4 is 23.4 Å². The van der Waals surface area contributed by atoms with Crippen molar-refractivity contribution in [3.05, 3.63) is 70.7 Å². The lowest BCUT2D eigenvalue weighted by Crippen LogP contribution is -2.49. The van der Waals surface area contributed by atoms with Crippen molar-refractivity contribution in [1.82, 2.24) is 10.2 Å². The van der Waals surface area contributed by atoms with Crippen molar-refractivity contribution in [2.45, 2.75) is 25.9 Å². The van der Waals surface area contributed by atoms with Gasteiger partial charge in [-0.1, -0.05) is 54.1 Å². The molecule has 0 aliphatic carbocycles. The Morgan fingerprint density at radius 2 is 1.67 bits per heavy atom. The van der Waals surface area contributed by atoms with Gasteiger partial charge in [0.05, 0.1) is 0 Å². The van der Waals surface area contributed by atoms with Crippen LogP contribution in [-0.4, -0.2) is 29.8 Å². The van der Waals surface area contributed by atoms with Crippen LogP contribution in [0.25, 0.3) is 0 Å². The quantitative estimate of drug-likeness (QED) is 0.875. The Bertz CT molecular complexity index is 686. The number of rotatable bonds is 6. The highest BCUT2D eigenvalue weighted by Crippen LogP contribution is 2.16. The lowest BCUT2D eigenvalue weighted by Gasteiger charge is -2.30. The van der Waals surface area contributed by atoms with Gasteiger partial charge in [-0.3, -0.25) is 9.59 Å². The summed E-state index contributed by atoms with van der Waals surface area (Å²) in [6.45, 7) is 1.84. The molecule has 0 spiro atoms. The van der Waals surface area contributed by atoms with Crippen LogP contribution in [-0.2, 0) is 22.6 Å². The van der Waals surface area contributed by atoms with E-state index in [1.54, 1.807) is 24.1 Å². The van der Waals surface area contributed by atoms with E-state index < -0.39 is 6.04 Å². The first kappa shape index (κ1) is 18.0. The fourth-order valence-electron chi connectivity index (χ4n) is 2.58. The van der Waals surface area contributed by atoms with Crippen LogP contribution in [0.3, 0.4) is 0 Å². The average molecular weight is 345 g/mol. The molecule has 0 aromatic heterocycles. The van der Waals surface area contributed by atoms with Crippen molar-refractivity contribution in [1.29, 1.82) is 0 Å². The second-order valence-corrected chi connectivity index (χ2v) is 6.03. The Labute approximate surface area is 147 Å². The Morgan fingerprint density at radius 3 is 2.21 bits per heavy atom. The van der Waals surface area contributed by atoms with Crippen LogP contribution >= 0.6 is 11.6 Å². The molecule has 2 aromatic carbocycles. The highest BCUT2D eigenvalue weighted by Gasteiger charge is 2.27. The third kappa shape index (κ3) is 4.83. The van der Waals surface area contributed by atoms with Gasteiger partial charge in [-0.05, 0) is 23.3 Å². The van der Waals surface area contributed by atoms with Gasteiger partial charge >= 0.3 is 0 Å². The van der Waals surface area contributed by atoms with Crippen molar-refractivity contribution < 1.29 is 9.59 Å². The van der Waals surface area contributed by atoms with Crippen LogP contribution in [0, 0.1) is 0 Å². The van der Waals surface area contributed by atoms with Crippen LogP contribution in [0.1, 0.15) is 18.1 Å². The molecular weight excluding hydrogens is 324 g/mol. The van der Waals surface area contributed by atoms with Crippen molar-refractivity contribution in [2.24, 2.45) is 0 Å². The summed E-state index contributed by atoms with van der Waals surface area (Å²) < 4.78 is 0. The van der Waals surface area contributed by atoms with Gasteiger partial charge in [0.25, 0.3) is 0 Å². The zero-order valence-electron chi connectivity index (χ0n) is 13.8. The van der Waals surface area contributed by atoms with Crippen LogP contribution in [0.2, 0.25) is 5.02 Å². The number of benzene rings is 2. The van der Waals surface area contributed by atoms with E-state index in [0.29, 0.717) is 18.0 Å². The molecule has 0 saturated heterocycles. The van der Waals surface area contributed by atoms with E-state index in [2.05, 4.69) is 5.32 Å². The molecule has 4 nitrogen and oxygen atoms in total. The summed E-state index contributed by atoms with van der Waals surface area (Å²) in [6, 6.07) is 16.4. The molecule has 2 amide bonds. The summed E-state index contributed by atoms with van der Waals surface area (Å²) in [5.74, 6) is -0.322. The standard InChI is InChI=1S/C19H21ClN2O2/c1-14(23)22(13-16-8-10-17(20)11-9-16)18(19(24)21-2)12-15-6-4-3-5-7-15/h3-11,18H,12-13H2,1-2H3,(H,21,24)/t18-/m0/s1. The van der Waals surface area contributed by atoms with Crippen molar-refractivity contribution in [3.63, 3.8) is 0 Å². The van der Waals surface area contributed by atoms with Crippen LogP contribution in [0.15, 0.2) is 54.6 Å². The number of carbonyl (C=O) groups excluding carboxylic acids is 2. The molecule has 0 fully saturated rings. The SMILES string of the molecule is CNC(=O)[C@H](Cc1ccccc1)N(Cc1ccc(Cl)cc1)C(C)=O. The number of likely N-dealkylation sites (N-methyl/N-ethyl adjacent to an activating group) is 1. The number of nitrogens with one attached hydrogen (secondary N) is 1. The fourth-order valence-corrected chi connectivity index (χ4v) is 2.70. The minimum absolute atomic E-state index is 0.144. The number of hydrogen-bond donors (Lipinski definition) is 1. The zero-order chi connectivity index (χ0) is 17.5. The van der Waals surface area contributed by atoms with Gasteiger partial charge in [0.1, 0.15) is 6.04 Å². The molecule has 0 radical (unpaired) electrons. The first-order valence-electron chi connectivity index (χ1n) is 7.78. The molecule has 2 aromatic rings. The summed E-state index contributed by atoms with van der Waals surface area (Å²) in [6.07, 6.45) is 0.466. The molecule has 24 heavy (non-hydrogen) atoms. The van der Waals surface area contributed by atoms with Gasteiger partial charge in [0.2, 0.25) is 11.8 Å². The summed E-state index contributed by atoms with van der Waals surface area (Å²) in [5, 5.41) is 3.30. The molecule has 5 heteroatoms. The normalized spacial score (nSPS) is 11.6. The largest absolute Gasteiger partial charge is 0.357 e. The highest BCUT2D eigenvalue weighted by molar-refractivity contribution is 6.30. The summed E-state index contributed by atoms with van der Waals surface area (Å²) in [5.41, 5.74) is 1.94. The zero-order valence-corrected chi connectivity index (χ0v) is 14.6. The second-order valence-electron chi connectivity index (χ2n) is 5.59. The van der Waals surface area contributed by atoms with Gasteiger partial charge in [0, 0.05) is 32.0 Å². The predicted molar refractivity (Wildman–Crippen MR) is 95.7 cm³/mol. The van der Waals surface area contributed by atoms with Gasteiger partial charge in [0.15, 0.2) is 0 Å². The van der Waals surface area contributed by atoms with E-state index in [-0.39, 0.29) is 11.8 Å². The molecule has 2 rings (SSSR count). The Morgan fingerprint density at radius 1 is 1.04 bits per heavy atom. The predicted octanol–water partition coefficient (Wildman–Crippen LogP) is 3.05. The topological polar surface area (TPSA) is 49.4 Å². The number of halogens is 1. The van der Waals surface area contributed by atoms with Crippen LogP contribution in [0.4, 0.5) is 0 Å².